The van der Waals surface area contributed by atoms with Crippen LogP contribution in [0.1, 0.15) is 44.4 Å². The van der Waals surface area contributed by atoms with Crippen molar-refractivity contribution in [3.63, 3.8) is 0 Å². The highest BCUT2D eigenvalue weighted by atomic mass is 19.4. The molecule has 0 bridgehead atoms. The van der Waals surface area contributed by atoms with E-state index in [2.05, 4.69) is 19.2 Å². The lowest BCUT2D eigenvalue weighted by atomic mass is 9.91. The normalized spacial score (nSPS) is 18.8. The highest BCUT2D eigenvalue weighted by molar-refractivity contribution is 5.78. The van der Waals surface area contributed by atoms with Gasteiger partial charge >= 0.3 is 12.1 Å². The fourth-order valence-electron chi connectivity index (χ4n) is 3.84. The third kappa shape index (κ3) is 6.58. The number of halogens is 3. The largest absolute Gasteiger partial charge is 0.490 e. The summed E-state index contributed by atoms with van der Waals surface area (Å²) in [6.07, 6.45) is -0.495. The molecule has 0 saturated carbocycles. The van der Waals surface area contributed by atoms with E-state index < -0.39 is 12.1 Å². The Balaban J connectivity index is 0.000000396. The third-order valence-corrected chi connectivity index (χ3v) is 5.16. The highest BCUT2D eigenvalue weighted by Gasteiger charge is 2.38. The summed E-state index contributed by atoms with van der Waals surface area (Å²) >= 11 is 0. The number of aromatic nitrogens is 1. The van der Waals surface area contributed by atoms with Crippen molar-refractivity contribution in [2.45, 2.75) is 70.8 Å². The minimum atomic E-state index is -5.08. The monoisotopic (exact) mass is 431 g/mol. The van der Waals surface area contributed by atoms with Crippen LogP contribution < -0.4 is 10.9 Å². The van der Waals surface area contributed by atoms with Crippen LogP contribution in [0, 0.1) is 0 Å². The predicted molar refractivity (Wildman–Crippen MR) is 104 cm³/mol. The standard InChI is InChI=1S/C18H27N3O2.C2HF3O2/c1-13(2)19-15-6-7-16-14(12-15)5-8-18(23)21(16)11-10-20-9-3-4-17(20)22;3-2(4,5)1(6)7/h5,8,13,15,19H,3-4,6-7,9-12H2,1-2H3;(H,6,7). The van der Waals surface area contributed by atoms with Gasteiger partial charge in [-0.05, 0) is 31.2 Å². The summed E-state index contributed by atoms with van der Waals surface area (Å²) in [6, 6.07) is 4.65. The molecule has 1 unspecified atom stereocenters. The maximum atomic E-state index is 12.3. The van der Waals surface area contributed by atoms with E-state index in [-0.39, 0.29) is 11.5 Å². The van der Waals surface area contributed by atoms with Crippen molar-refractivity contribution in [3.05, 3.63) is 33.7 Å². The number of carbonyl (C=O) groups excluding carboxylic acids is 1. The van der Waals surface area contributed by atoms with Crippen LogP contribution in [0.4, 0.5) is 13.2 Å². The molecule has 0 spiro atoms. The molecule has 168 valence electrons. The van der Waals surface area contributed by atoms with Crippen molar-refractivity contribution < 1.29 is 27.9 Å². The fourth-order valence-corrected chi connectivity index (χ4v) is 3.84. The Hall–Kier alpha value is -2.36. The fraction of sp³-hybridized carbons (Fsp3) is 0.650. The van der Waals surface area contributed by atoms with E-state index >= 15 is 0 Å². The van der Waals surface area contributed by atoms with Crippen LogP contribution >= 0.6 is 0 Å². The Bertz CT molecular complexity index is 820. The van der Waals surface area contributed by atoms with E-state index in [0.717, 1.165) is 32.2 Å². The Kier molecular flexibility index (Phi) is 8.05. The summed E-state index contributed by atoms with van der Waals surface area (Å²) < 4.78 is 33.6. The first-order valence-corrected chi connectivity index (χ1v) is 10.0. The number of nitrogens with zero attached hydrogens (tertiary/aromatic N) is 2. The molecule has 1 fully saturated rings. The predicted octanol–water partition coefficient (Wildman–Crippen LogP) is 1.96. The van der Waals surface area contributed by atoms with E-state index in [0.29, 0.717) is 31.6 Å². The molecule has 2 aliphatic rings. The van der Waals surface area contributed by atoms with Crippen molar-refractivity contribution in [2.75, 3.05) is 13.1 Å². The number of carbonyl (C=O) groups is 2. The number of aliphatic carboxylic acids is 1. The lowest BCUT2D eigenvalue weighted by Gasteiger charge is -2.29. The van der Waals surface area contributed by atoms with Gasteiger partial charge in [-0.3, -0.25) is 9.59 Å². The molecule has 30 heavy (non-hydrogen) atoms. The molecule has 0 aromatic carbocycles. The molecule has 1 aliphatic carbocycles. The van der Waals surface area contributed by atoms with E-state index in [1.165, 1.54) is 11.3 Å². The molecule has 1 atom stereocenters. The van der Waals surface area contributed by atoms with Gasteiger partial charge in [-0.25, -0.2) is 4.79 Å². The van der Waals surface area contributed by atoms with E-state index in [1.54, 1.807) is 6.07 Å². The number of carboxylic acid groups (broad SMARTS) is 1. The molecule has 1 amide bonds. The Labute approximate surface area is 172 Å². The smallest absolute Gasteiger partial charge is 0.475 e. The molecule has 1 aliphatic heterocycles. The van der Waals surface area contributed by atoms with E-state index in [1.807, 2.05) is 15.5 Å². The zero-order chi connectivity index (χ0) is 22.5. The molecule has 10 heteroatoms. The van der Waals surface area contributed by atoms with Crippen LogP contribution in [0.5, 0.6) is 0 Å². The molecule has 2 heterocycles. The Morgan fingerprint density at radius 2 is 1.90 bits per heavy atom. The van der Waals surface area contributed by atoms with Crippen molar-refractivity contribution in [3.8, 4) is 0 Å². The number of nitrogens with one attached hydrogen (secondary N) is 1. The van der Waals surface area contributed by atoms with Gasteiger partial charge in [-0.15, -0.1) is 0 Å². The topological polar surface area (TPSA) is 91.6 Å². The maximum absolute atomic E-state index is 12.3. The molecule has 1 aromatic rings. The summed E-state index contributed by atoms with van der Waals surface area (Å²) in [5.74, 6) is -2.53. The lowest BCUT2D eigenvalue weighted by Crippen LogP contribution is -2.41. The Morgan fingerprint density at radius 3 is 2.43 bits per heavy atom. The second kappa shape index (κ2) is 10.1. The maximum Gasteiger partial charge on any atom is 0.490 e. The van der Waals surface area contributed by atoms with Gasteiger partial charge < -0.3 is 19.9 Å². The van der Waals surface area contributed by atoms with Gasteiger partial charge in [0, 0.05) is 49.9 Å². The second-order valence-corrected chi connectivity index (χ2v) is 7.84. The SMILES string of the molecule is CC(C)NC1CCc2c(ccc(=O)n2CCN2CCCC2=O)C1.O=C(O)C(F)(F)F. The van der Waals surface area contributed by atoms with Crippen molar-refractivity contribution in [1.29, 1.82) is 0 Å². The van der Waals surface area contributed by atoms with Crippen LogP contribution in [0.3, 0.4) is 0 Å². The van der Waals surface area contributed by atoms with Gasteiger partial charge in [0.1, 0.15) is 0 Å². The number of carboxylic acids is 1. The average Bonchev–Trinajstić information content (AvgIpc) is 3.05. The molecule has 0 radical (unpaired) electrons. The minimum absolute atomic E-state index is 0.0608. The average molecular weight is 431 g/mol. The number of alkyl halides is 3. The first-order valence-electron chi connectivity index (χ1n) is 10.0. The van der Waals surface area contributed by atoms with Crippen molar-refractivity contribution in [1.82, 2.24) is 14.8 Å². The minimum Gasteiger partial charge on any atom is -0.475 e. The number of likely N-dealkylation sites (tertiary alicyclic amines) is 1. The summed E-state index contributed by atoms with van der Waals surface area (Å²) in [5, 5.41) is 10.7. The zero-order valence-corrected chi connectivity index (χ0v) is 17.2. The van der Waals surface area contributed by atoms with Gasteiger partial charge in [0.05, 0.1) is 0 Å². The second-order valence-electron chi connectivity index (χ2n) is 7.84. The summed E-state index contributed by atoms with van der Waals surface area (Å²) in [4.78, 5) is 34.8. The summed E-state index contributed by atoms with van der Waals surface area (Å²) in [6.45, 7) is 6.45. The molecule has 7 nitrogen and oxygen atoms in total. The van der Waals surface area contributed by atoms with E-state index in [4.69, 9.17) is 9.90 Å². The molecule has 1 aromatic heterocycles. The highest BCUT2D eigenvalue weighted by Crippen LogP contribution is 2.21. The van der Waals surface area contributed by atoms with Crippen molar-refractivity contribution >= 4 is 11.9 Å². The zero-order valence-electron chi connectivity index (χ0n) is 17.2. The van der Waals surface area contributed by atoms with Gasteiger partial charge in [0.25, 0.3) is 5.56 Å². The van der Waals surface area contributed by atoms with Crippen LogP contribution in [0.2, 0.25) is 0 Å². The number of fused-ring (bicyclic) bond motifs is 1. The van der Waals surface area contributed by atoms with Gasteiger partial charge in [-0.2, -0.15) is 13.2 Å². The number of hydrogen-bond acceptors (Lipinski definition) is 4. The molecular formula is C20H28F3N3O4. The third-order valence-electron chi connectivity index (χ3n) is 5.16. The number of amides is 1. The van der Waals surface area contributed by atoms with E-state index in [9.17, 15) is 22.8 Å². The van der Waals surface area contributed by atoms with Crippen LogP contribution in [0.25, 0.3) is 0 Å². The van der Waals surface area contributed by atoms with Gasteiger partial charge in [-0.1, -0.05) is 19.9 Å². The van der Waals surface area contributed by atoms with Crippen LogP contribution in [-0.4, -0.2) is 57.8 Å². The first kappa shape index (κ1) is 23.9. The molecule has 2 N–H and O–H groups in total. The molecular weight excluding hydrogens is 403 g/mol. The van der Waals surface area contributed by atoms with Gasteiger partial charge in [0.2, 0.25) is 5.91 Å². The first-order chi connectivity index (χ1) is 14.0. The summed E-state index contributed by atoms with van der Waals surface area (Å²) in [5.41, 5.74) is 2.51. The lowest BCUT2D eigenvalue weighted by molar-refractivity contribution is -0.192. The molecule has 3 rings (SSSR count). The quantitative estimate of drug-likeness (QED) is 0.744. The number of rotatable bonds is 5. The number of pyridine rings is 1. The molecule has 1 saturated heterocycles. The number of hydrogen-bond donors (Lipinski definition) is 2. The summed E-state index contributed by atoms with van der Waals surface area (Å²) in [7, 11) is 0. The van der Waals surface area contributed by atoms with Crippen LogP contribution in [0.15, 0.2) is 16.9 Å². The van der Waals surface area contributed by atoms with Crippen LogP contribution in [-0.2, 0) is 29.0 Å². The van der Waals surface area contributed by atoms with Gasteiger partial charge in [0.15, 0.2) is 0 Å². The Morgan fingerprint density at radius 1 is 1.23 bits per heavy atom. The van der Waals surface area contributed by atoms with Crippen molar-refractivity contribution in [2.24, 2.45) is 0 Å².